The Labute approximate surface area is 205 Å². The van der Waals surface area contributed by atoms with Gasteiger partial charge in [0.25, 0.3) is 0 Å². The lowest BCUT2D eigenvalue weighted by Gasteiger charge is -2.27. The number of nitrogens with one attached hydrogen (secondary N) is 3. The number of carbonyl (C=O) groups excluding carboxylic acids is 1. The normalized spacial score (nSPS) is 14.4. The van der Waals surface area contributed by atoms with Gasteiger partial charge in [0.05, 0.1) is 5.56 Å². The van der Waals surface area contributed by atoms with Crippen molar-refractivity contribution in [2.45, 2.75) is 35.6 Å². The molecule has 1 amide bonds. The van der Waals surface area contributed by atoms with Gasteiger partial charge in [-0.05, 0) is 55.1 Å². The number of thiophene rings is 1. The van der Waals surface area contributed by atoms with Crippen molar-refractivity contribution >= 4 is 80.5 Å². The Morgan fingerprint density at radius 3 is 2.58 bits per heavy atom. The molecule has 162 valence electrons. The number of aryl methyl sites for hydroxylation is 1. The molecule has 0 aliphatic heterocycles. The standard InChI is InChI=1S/C21H19Cl3N4OS2/c22-21(23,24)19(26-17(29)11-10-13-6-2-1-3-7-13)28-20(30)27-18-15(12-25)14-8-4-5-9-16(14)31-18/h1-3,6-7,10-11,19H,4-5,8-9H2,(H,26,29)(H2,27,28,30)/b11-10+/t19-/m1/s1. The van der Waals surface area contributed by atoms with Crippen molar-refractivity contribution in [1.82, 2.24) is 10.6 Å². The lowest BCUT2D eigenvalue weighted by molar-refractivity contribution is -0.117. The summed E-state index contributed by atoms with van der Waals surface area (Å²) < 4.78 is -1.87. The van der Waals surface area contributed by atoms with Crippen LogP contribution in [0.5, 0.6) is 0 Å². The Hall–Kier alpha value is -1.82. The lowest BCUT2D eigenvalue weighted by Crippen LogP contribution is -2.55. The highest BCUT2D eigenvalue weighted by molar-refractivity contribution is 7.80. The first-order chi connectivity index (χ1) is 14.8. The number of carbonyl (C=O) groups is 1. The van der Waals surface area contributed by atoms with Crippen molar-refractivity contribution in [3.8, 4) is 6.07 Å². The zero-order valence-electron chi connectivity index (χ0n) is 16.3. The first-order valence-corrected chi connectivity index (χ1v) is 11.9. The van der Waals surface area contributed by atoms with Gasteiger partial charge in [0.1, 0.15) is 17.2 Å². The van der Waals surface area contributed by atoms with Gasteiger partial charge in [-0.2, -0.15) is 5.26 Å². The third-order valence-electron chi connectivity index (χ3n) is 4.63. The van der Waals surface area contributed by atoms with Crippen LogP contribution >= 0.6 is 58.4 Å². The van der Waals surface area contributed by atoms with Crippen molar-refractivity contribution < 1.29 is 4.79 Å². The predicted octanol–water partition coefficient (Wildman–Crippen LogP) is 5.31. The van der Waals surface area contributed by atoms with Crippen LogP contribution in [0.2, 0.25) is 0 Å². The minimum Gasteiger partial charge on any atom is -0.339 e. The highest BCUT2D eigenvalue weighted by Gasteiger charge is 2.34. The fourth-order valence-electron chi connectivity index (χ4n) is 3.17. The molecule has 1 atom stereocenters. The van der Waals surface area contributed by atoms with E-state index in [4.69, 9.17) is 47.0 Å². The molecule has 1 heterocycles. The van der Waals surface area contributed by atoms with Gasteiger partial charge in [-0.15, -0.1) is 11.3 Å². The summed E-state index contributed by atoms with van der Waals surface area (Å²) in [6.07, 6.45) is 5.92. The fourth-order valence-corrected chi connectivity index (χ4v) is 5.02. The molecule has 0 saturated heterocycles. The van der Waals surface area contributed by atoms with Crippen LogP contribution in [0.25, 0.3) is 6.08 Å². The first kappa shape index (κ1) is 23.8. The molecule has 1 aromatic carbocycles. The number of hydrogen-bond acceptors (Lipinski definition) is 4. The summed E-state index contributed by atoms with van der Waals surface area (Å²) >= 11 is 25.0. The van der Waals surface area contributed by atoms with E-state index in [1.54, 1.807) is 6.08 Å². The molecule has 2 aromatic rings. The van der Waals surface area contributed by atoms with Crippen LogP contribution in [0.3, 0.4) is 0 Å². The Bertz CT molecular complexity index is 1030. The monoisotopic (exact) mass is 512 g/mol. The number of amides is 1. The molecule has 0 fully saturated rings. The van der Waals surface area contributed by atoms with E-state index in [1.165, 1.54) is 22.3 Å². The van der Waals surface area contributed by atoms with Gasteiger partial charge in [0, 0.05) is 11.0 Å². The molecule has 0 bridgehead atoms. The summed E-state index contributed by atoms with van der Waals surface area (Å²) in [6.45, 7) is 0. The molecule has 3 N–H and O–H groups in total. The zero-order valence-corrected chi connectivity index (χ0v) is 20.2. The molecule has 0 unspecified atom stereocenters. The number of fused-ring (bicyclic) bond motifs is 1. The summed E-state index contributed by atoms with van der Waals surface area (Å²) in [4.78, 5) is 13.5. The Morgan fingerprint density at radius 2 is 1.90 bits per heavy atom. The maximum atomic E-state index is 12.3. The fraction of sp³-hybridized carbons (Fsp3) is 0.286. The lowest BCUT2D eigenvalue weighted by atomic mass is 9.96. The first-order valence-electron chi connectivity index (χ1n) is 9.50. The van der Waals surface area contributed by atoms with Gasteiger partial charge in [0.15, 0.2) is 5.11 Å². The minimum absolute atomic E-state index is 0.138. The number of alkyl halides is 3. The van der Waals surface area contributed by atoms with E-state index in [0.717, 1.165) is 36.8 Å². The smallest absolute Gasteiger partial charge is 0.245 e. The van der Waals surface area contributed by atoms with E-state index < -0.39 is 15.9 Å². The van der Waals surface area contributed by atoms with Crippen molar-refractivity contribution in [2.75, 3.05) is 5.32 Å². The molecule has 31 heavy (non-hydrogen) atoms. The van der Waals surface area contributed by atoms with Crippen LogP contribution in [0, 0.1) is 11.3 Å². The summed E-state index contributed by atoms with van der Waals surface area (Å²) in [7, 11) is 0. The summed E-state index contributed by atoms with van der Waals surface area (Å²) in [5.41, 5.74) is 2.55. The summed E-state index contributed by atoms with van der Waals surface area (Å²) in [5, 5.41) is 18.8. The van der Waals surface area contributed by atoms with E-state index in [0.29, 0.717) is 10.6 Å². The largest absolute Gasteiger partial charge is 0.339 e. The molecule has 1 aliphatic rings. The van der Waals surface area contributed by atoms with Crippen molar-refractivity contribution in [1.29, 1.82) is 5.26 Å². The molecular formula is C21H19Cl3N4OS2. The second-order valence-electron chi connectivity index (χ2n) is 6.85. The number of nitrogens with zero attached hydrogens (tertiary/aromatic N) is 1. The second-order valence-corrected chi connectivity index (χ2v) is 10.7. The zero-order chi connectivity index (χ0) is 22.4. The Balaban J connectivity index is 1.67. The maximum Gasteiger partial charge on any atom is 0.245 e. The molecule has 0 radical (unpaired) electrons. The second kappa shape index (κ2) is 10.7. The molecule has 10 heteroatoms. The summed E-state index contributed by atoms with van der Waals surface area (Å²) in [5.74, 6) is -0.459. The molecule has 1 aromatic heterocycles. The van der Waals surface area contributed by atoms with E-state index in [9.17, 15) is 10.1 Å². The van der Waals surface area contributed by atoms with Gasteiger partial charge in [-0.25, -0.2) is 0 Å². The third-order valence-corrected chi connectivity index (χ3v) is 6.71. The third kappa shape index (κ3) is 6.58. The molecule has 3 rings (SSSR count). The van der Waals surface area contributed by atoms with Crippen LogP contribution in [0.15, 0.2) is 36.4 Å². The van der Waals surface area contributed by atoms with Crippen LogP contribution in [-0.2, 0) is 17.6 Å². The van der Waals surface area contributed by atoms with Crippen LogP contribution < -0.4 is 16.0 Å². The van der Waals surface area contributed by atoms with Gasteiger partial charge < -0.3 is 16.0 Å². The van der Waals surface area contributed by atoms with Crippen molar-refractivity contribution in [3.63, 3.8) is 0 Å². The van der Waals surface area contributed by atoms with Gasteiger partial charge in [-0.3, -0.25) is 4.79 Å². The number of benzene rings is 1. The molecule has 5 nitrogen and oxygen atoms in total. The van der Waals surface area contributed by atoms with Gasteiger partial charge >= 0.3 is 0 Å². The minimum atomic E-state index is -1.87. The molecule has 0 spiro atoms. The highest BCUT2D eigenvalue weighted by atomic mass is 35.6. The average molecular weight is 514 g/mol. The SMILES string of the molecule is N#Cc1c(NC(=S)N[C@@H](NC(=O)/C=C/c2ccccc2)C(Cl)(Cl)Cl)sc2c1CCCC2. The molecule has 1 aliphatic carbocycles. The number of thiocarbonyl (C=S) groups is 1. The van der Waals surface area contributed by atoms with Crippen molar-refractivity contribution in [2.24, 2.45) is 0 Å². The number of hydrogen-bond donors (Lipinski definition) is 3. The van der Waals surface area contributed by atoms with Crippen LogP contribution in [-0.4, -0.2) is 21.0 Å². The maximum absolute atomic E-state index is 12.3. The predicted molar refractivity (Wildman–Crippen MR) is 133 cm³/mol. The van der Waals surface area contributed by atoms with Crippen molar-refractivity contribution in [3.05, 3.63) is 58.0 Å². The van der Waals surface area contributed by atoms with E-state index in [1.807, 2.05) is 30.3 Å². The number of rotatable bonds is 5. The topological polar surface area (TPSA) is 77.0 Å². The Morgan fingerprint density at radius 1 is 1.19 bits per heavy atom. The quantitative estimate of drug-likeness (QED) is 0.219. The number of anilines is 1. The molecule has 0 saturated carbocycles. The van der Waals surface area contributed by atoms with Gasteiger partial charge in [0.2, 0.25) is 9.70 Å². The van der Waals surface area contributed by atoms with E-state index in [-0.39, 0.29) is 5.11 Å². The molecular weight excluding hydrogens is 495 g/mol. The van der Waals surface area contributed by atoms with E-state index >= 15 is 0 Å². The number of halogens is 3. The van der Waals surface area contributed by atoms with Gasteiger partial charge in [-0.1, -0.05) is 65.1 Å². The van der Waals surface area contributed by atoms with Crippen LogP contribution in [0.1, 0.15) is 34.4 Å². The average Bonchev–Trinajstić information content (AvgIpc) is 3.08. The number of nitriles is 1. The Kier molecular flexibility index (Phi) is 8.20. The summed E-state index contributed by atoms with van der Waals surface area (Å²) in [6, 6.07) is 11.6. The van der Waals surface area contributed by atoms with Crippen LogP contribution in [0.4, 0.5) is 5.00 Å². The highest BCUT2D eigenvalue weighted by Crippen LogP contribution is 2.37. The van der Waals surface area contributed by atoms with E-state index in [2.05, 4.69) is 22.0 Å².